The van der Waals surface area contributed by atoms with Gasteiger partial charge >= 0.3 is 5.97 Å². The number of halogens is 3. The summed E-state index contributed by atoms with van der Waals surface area (Å²) < 4.78 is 20.6. The molecule has 5 nitrogen and oxygen atoms in total. The van der Waals surface area contributed by atoms with Crippen LogP contribution in [0.1, 0.15) is 11.1 Å². The largest absolute Gasteiger partial charge is 0.488 e. The number of rotatable bonds is 6. The maximum atomic E-state index is 14.0. The van der Waals surface area contributed by atoms with Crippen LogP contribution in [0.15, 0.2) is 45.8 Å². The number of hydrogen-bond donors (Lipinski definition) is 1. The van der Waals surface area contributed by atoms with Gasteiger partial charge in [0.25, 0.3) is 5.91 Å². The number of thioether (sulfide) groups is 1. The van der Waals surface area contributed by atoms with Crippen LogP contribution in [0.4, 0.5) is 4.39 Å². The van der Waals surface area contributed by atoms with Gasteiger partial charge in [0, 0.05) is 15.6 Å². The van der Waals surface area contributed by atoms with Crippen LogP contribution in [0.5, 0.6) is 5.75 Å². The zero-order valence-electron chi connectivity index (χ0n) is 14.5. The average molecular weight is 517 g/mol. The van der Waals surface area contributed by atoms with Crippen molar-refractivity contribution in [2.24, 2.45) is 0 Å². The molecule has 1 aliphatic rings. The van der Waals surface area contributed by atoms with Crippen molar-refractivity contribution in [2.75, 3.05) is 6.54 Å². The number of carboxylic acids is 1. The highest BCUT2D eigenvalue weighted by atomic mass is 79.9. The maximum Gasteiger partial charge on any atom is 0.323 e. The first-order valence-electron chi connectivity index (χ1n) is 8.08. The van der Waals surface area contributed by atoms with E-state index in [0.717, 1.165) is 21.1 Å². The molecule has 1 N–H and O–H groups in total. The molecule has 2 aromatic carbocycles. The van der Waals surface area contributed by atoms with Crippen molar-refractivity contribution < 1.29 is 23.8 Å². The Morgan fingerprint density at radius 2 is 2.14 bits per heavy atom. The van der Waals surface area contributed by atoms with Gasteiger partial charge in [-0.3, -0.25) is 14.5 Å². The molecule has 0 spiro atoms. The molecule has 29 heavy (non-hydrogen) atoms. The molecule has 0 bridgehead atoms. The van der Waals surface area contributed by atoms with Gasteiger partial charge in [0.1, 0.15) is 29.0 Å². The molecular formula is C19H12BrClFNO4S2. The summed E-state index contributed by atoms with van der Waals surface area (Å²) in [6.07, 6.45) is 1.56. The van der Waals surface area contributed by atoms with Crippen LogP contribution in [-0.4, -0.2) is 32.7 Å². The molecule has 1 heterocycles. The van der Waals surface area contributed by atoms with E-state index in [1.807, 2.05) is 0 Å². The Morgan fingerprint density at radius 1 is 1.38 bits per heavy atom. The molecule has 1 saturated heterocycles. The number of hydrogen-bond acceptors (Lipinski definition) is 5. The fourth-order valence-corrected chi connectivity index (χ4v) is 4.34. The van der Waals surface area contributed by atoms with E-state index in [9.17, 15) is 14.0 Å². The molecule has 0 saturated carbocycles. The van der Waals surface area contributed by atoms with Gasteiger partial charge in [-0.2, -0.15) is 0 Å². The number of carbonyl (C=O) groups is 2. The van der Waals surface area contributed by atoms with Crippen molar-refractivity contribution >= 4 is 73.8 Å². The van der Waals surface area contributed by atoms with Crippen LogP contribution >= 0.6 is 51.5 Å². The van der Waals surface area contributed by atoms with Gasteiger partial charge in [-0.1, -0.05) is 57.6 Å². The summed E-state index contributed by atoms with van der Waals surface area (Å²) in [5.74, 6) is -1.73. The lowest BCUT2D eigenvalue weighted by atomic mass is 10.1. The van der Waals surface area contributed by atoms with Gasteiger partial charge in [0.2, 0.25) is 0 Å². The number of carbonyl (C=O) groups excluding carboxylic acids is 1. The summed E-state index contributed by atoms with van der Waals surface area (Å²) in [7, 11) is 0. The lowest BCUT2D eigenvalue weighted by Gasteiger charge is -2.12. The van der Waals surface area contributed by atoms with E-state index >= 15 is 0 Å². The van der Waals surface area contributed by atoms with E-state index in [1.165, 1.54) is 12.1 Å². The lowest BCUT2D eigenvalue weighted by molar-refractivity contribution is -0.140. The normalized spacial score (nSPS) is 15.3. The standard InChI is InChI=1S/C19H12BrClFNO4S2/c20-11-4-5-15(27-9-12-13(21)2-1-3-14(12)22)10(6-11)7-16-18(26)23(8-17(24)25)19(28)29-16/h1-7H,8-9H2,(H,24,25)/b16-7+. The molecule has 10 heteroatoms. The SMILES string of the molecule is O=C(O)CN1C(=O)/C(=C\c2cc(Br)ccc2OCc2c(F)cccc2Cl)SC1=S. The van der Waals surface area contributed by atoms with Crippen molar-refractivity contribution in [1.82, 2.24) is 4.90 Å². The molecule has 1 aliphatic heterocycles. The van der Waals surface area contributed by atoms with Gasteiger partial charge < -0.3 is 9.84 Å². The summed E-state index contributed by atoms with van der Waals surface area (Å²) in [5, 5.41) is 9.19. The second kappa shape index (κ2) is 9.25. The second-order valence-corrected chi connectivity index (χ2v) is 8.83. The third-order valence-electron chi connectivity index (χ3n) is 3.86. The van der Waals surface area contributed by atoms with Gasteiger partial charge in [0.05, 0.1) is 9.93 Å². The van der Waals surface area contributed by atoms with Crippen molar-refractivity contribution in [3.63, 3.8) is 0 Å². The molecule has 2 aromatic rings. The average Bonchev–Trinajstić information content (AvgIpc) is 2.90. The Hall–Kier alpha value is -1.94. The van der Waals surface area contributed by atoms with Crippen molar-refractivity contribution in [3.05, 3.63) is 67.7 Å². The van der Waals surface area contributed by atoms with Gasteiger partial charge in [-0.15, -0.1) is 0 Å². The molecule has 1 amide bonds. The van der Waals surface area contributed by atoms with Crippen LogP contribution in [-0.2, 0) is 16.2 Å². The zero-order valence-corrected chi connectivity index (χ0v) is 18.5. The predicted molar refractivity (Wildman–Crippen MR) is 117 cm³/mol. The monoisotopic (exact) mass is 515 g/mol. The van der Waals surface area contributed by atoms with Crippen molar-refractivity contribution in [2.45, 2.75) is 6.61 Å². The van der Waals surface area contributed by atoms with Gasteiger partial charge in [-0.25, -0.2) is 4.39 Å². The van der Waals surface area contributed by atoms with E-state index < -0.39 is 24.2 Å². The van der Waals surface area contributed by atoms with E-state index in [-0.39, 0.29) is 26.4 Å². The fraction of sp³-hybridized carbons (Fsp3) is 0.105. The minimum absolute atomic E-state index is 0.103. The highest BCUT2D eigenvalue weighted by molar-refractivity contribution is 9.10. The van der Waals surface area contributed by atoms with E-state index in [1.54, 1.807) is 30.3 Å². The Morgan fingerprint density at radius 3 is 2.83 bits per heavy atom. The summed E-state index contributed by atoms with van der Waals surface area (Å²) in [5.41, 5.74) is 0.762. The van der Waals surface area contributed by atoms with Gasteiger partial charge in [-0.05, 0) is 36.4 Å². The molecule has 0 aromatic heterocycles. The Bertz CT molecular complexity index is 1030. The highest BCUT2D eigenvalue weighted by Gasteiger charge is 2.33. The van der Waals surface area contributed by atoms with E-state index in [0.29, 0.717) is 11.3 Å². The number of ether oxygens (including phenoxy) is 1. The molecule has 1 fully saturated rings. The first kappa shape index (κ1) is 21.8. The smallest absolute Gasteiger partial charge is 0.323 e. The number of benzene rings is 2. The van der Waals surface area contributed by atoms with Crippen LogP contribution in [0.3, 0.4) is 0 Å². The van der Waals surface area contributed by atoms with E-state index in [4.69, 9.17) is 33.7 Å². The first-order valence-corrected chi connectivity index (χ1v) is 10.5. The summed E-state index contributed by atoms with van der Waals surface area (Å²) in [4.78, 5) is 24.7. The van der Waals surface area contributed by atoms with Gasteiger partial charge in [0.15, 0.2) is 0 Å². The molecule has 0 radical (unpaired) electrons. The molecular weight excluding hydrogens is 505 g/mol. The Labute approximate surface area is 188 Å². The fourth-order valence-electron chi connectivity index (χ4n) is 2.50. The molecule has 0 atom stereocenters. The number of nitrogens with zero attached hydrogens (tertiary/aromatic N) is 1. The number of amides is 1. The van der Waals surface area contributed by atoms with Crippen LogP contribution in [0.25, 0.3) is 6.08 Å². The summed E-state index contributed by atoms with van der Waals surface area (Å²) in [6.45, 7) is -0.608. The quantitative estimate of drug-likeness (QED) is 0.425. The summed E-state index contributed by atoms with van der Waals surface area (Å²) >= 11 is 15.5. The molecule has 0 aliphatic carbocycles. The van der Waals surface area contributed by atoms with E-state index in [2.05, 4.69) is 15.9 Å². The van der Waals surface area contributed by atoms with Crippen LogP contribution in [0.2, 0.25) is 5.02 Å². The number of carboxylic acid groups (broad SMARTS) is 1. The third kappa shape index (κ3) is 5.16. The first-order chi connectivity index (χ1) is 13.8. The number of aliphatic carboxylic acids is 1. The van der Waals surface area contributed by atoms with Crippen molar-refractivity contribution in [3.8, 4) is 5.75 Å². The Balaban J connectivity index is 1.88. The minimum atomic E-state index is -1.16. The molecule has 3 rings (SSSR count). The second-order valence-electron chi connectivity index (χ2n) is 5.83. The summed E-state index contributed by atoms with van der Waals surface area (Å²) in [6, 6.07) is 9.50. The molecule has 150 valence electrons. The Kier molecular flexibility index (Phi) is 6.94. The topological polar surface area (TPSA) is 66.8 Å². The number of thiocarbonyl (C=S) groups is 1. The highest BCUT2D eigenvalue weighted by Crippen LogP contribution is 2.35. The zero-order chi connectivity index (χ0) is 21.1. The van der Waals surface area contributed by atoms with Crippen LogP contribution < -0.4 is 4.74 Å². The van der Waals surface area contributed by atoms with Crippen LogP contribution in [0, 0.1) is 5.82 Å². The minimum Gasteiger partial charge on any atom is -0.488 e. The maximum absolute atomic E-state index is 14.0. The van der Waals surface area contributed by atoms with Crippen molar-refractivity contribution in [1.29, 1.82) is 0 Å². The molecule has 0 unspecified atom stereocenters. The third-order valence-corrected chi connectivity index (χ3v) is 6.08. The predicted octanol–water partition coefficient (Wildman–Crippen LogP) is 5.11. The lowest BCUT2D eigenvalue weighted by Crippen LogP contribution is -2.33.